The summed E-state index contributed by atoms with van der Waals surface area (Å²) in [5.41, 5.74) is 1.20. The molecule has 1 aromatic rings. The molecule has 0 bridgehead atoms. The Labute approximate surface area is 116 Å². The number of hydrogen-bond acceptors (Lipinski definition) is 3. The molecule has 0 aliphatic rings. The fourth-order valence-corrected chi connectivity index (χ4v) is 3.19. The van der Waals surface area contributed by atoms with Gasteiger partial charge in [-0.25, -0.2) is 4.98 Å². The second kappa shape index (κ2) is 8.65. The number of aryl methyl sites for hydroxylation is 2. The van der Waals surface area contributed by atoms with E-state index in [9.17, 15) is 0 Å². The summed E-state index contributed by atoms with van der Waals surface area (Å²) in [5.74, 6) is 0. The first-order chi connectivity index (χ1) is 8.69. The highest BCUT2D eigenvalue weighted by molar-refractivity contribution is 7.11. The maximum absolute atomic E-state index is 4.70. The van der Waals surface area contributed by atoms with Gasteiger partial charge in [0.1, 0.15) is 5.01 Å². The topological polar surface area (TPSA) is 24.9 Å². The van der Waals surface area contributed by atoms with Crippen LogP contribution in [0.3, 0.4) is 0 Å². The number of hydrogen-bond donors (Lipinski definition) is 1. The number of nitrogens with one attached hydrogen (secondary N) is 1. The van der Waals surface area contributed by atoms with Gasteiger partial charge in [-0.3, -0.25) is 0 Å². The van der Waals surface area contributed by atoms with E-state index in [1.54, 1.807) is 0 Å². The standard InChI is InChI=1S/C15H28N2S/c1-5-7-8-9-10-11-14(16-6-2)15-17-12(3)13(4)18-15/h14,16H,5-11H2,1-4H3. The van der Waals surface area contributed by atoms with E-state index in [4.69, 9.17) is 4.98 Å². The van der Waals surface area contributed by atoms with Crippen molar-refractivity contribution in [2.75, 3.05) is 6.54 Å². The molecule has 0 amide bonds. The van der Waals surface area contributed by atoms with Crippen molar-refractivity contribution in [2.45, 2.75) is 72.3 Å². The quantitative estimate of drug-likeness (QED) is 0.652. The zero-order chi connectivity index (χ0) is 13.4. The number of nitrogens with zero attached hydrogens (tertiary/aromatic N) is 1. The summed E-state index contributed by atoms with van der Waals surface area (Å²) in [6.45, 7) is 9.75. The fraction of sp³-hybridized carbons (Fsp3) is 0.800. The lowest BCUT2D eigenvalue weighted by molar-refractivity contribution is 0.477. The van der Waals surface area contributed by atoms with Gasteiger partial charge in [0.05, 0.1) is 11.7 Å². The lowest BCUT2D eigenvalue weighted by Crippen LogP contribution is -2.20. The summed E-state index contributed by atoms with van der Waals surface area (Å²) in [6.07, 6.45) is 7.98. The van der Waals surface area contributed by atoms with Crippen LogP contribution in [0.2, 0.25) is 0 Å². The third-order valence-corrected chi connectivity index (χ3v) is 4.58. The summed E-state index contributed by atoms with van der Waals surface area (Å²) in [6, 6.07) is 0.467. The van der Waals surface area contributed by atoms with Crippen LogP contribution >= 0.6 is 11.3 Å². The van der Waals surface area contributed by atoms with Crippen LogP contribution < -0.4 is 5.32 Å². The molecule has 0 fully saturated rings. The molecule has 0 radical (unpaired) electrons. The first-order valence-corrected chi connectivity index (χ1v) is 8.18. The van der Waals surface area contributed by atoms with Gasteiger partial charge in [-0.05, 0) is 26.8 Å². The van der Waals surface area contributed by atoms with Crippen molar-refractivity contribution in [3.63, 3.8) is 0 Å². The number of unbranched alkanes of at least 4 members (excludes halogenated alkanes) is 4. The van der Waals surface area contributed by atoms with Crippen molar-refractivity contribution in [1.29, 1.82) is 0 Å². The normalized spacial score (nSPS) is 12.9. The first-order valence-electron chi connectivity index (χ1n) is 7.36. The lowest BCUT2D eigenvalue weighted by atomic mass is 10.1. The minimum atomic E-state index is 0.467. The molecular formula is C15H28N2S. The van der Waals surface area contributed by atoms with E-state index in [1.807, 2.05) is 11.3 Å². The van der Waals surface area contributed by atoms with Crippen molar-refractivity contribution in [3.05, 3.63) is 15.6 Å². The zero-order valence-electron chi connectivity index (χ0n) is 12.4. The van der Waals surface area contributed by atoms with Gasteiger partial charge in [0.2, 0.25) is 0 Å². The van der Waals surface area contributed by atoms with Crippen LogP contribution in [-0.4, -0.2) is 11.5 Å². The zero-order valence-corrected chi connectivity index (χ0v) is 13.2. The van der Waals surface area contributed by atoms with E-state index >= 15 is 0 Å². The van der Waals surface area contributed by atoms with Gasteiger partial charge < -0.3 is 5.32 Å². The maximum atomic E-state index is 4.70. The molecule has 1 N–H and O–H groups in total. The van der Waals surface area contributed by atoms with E-state index in [0.717, 1.165) is 6.54 Å². The SMILES string of the molecule is CCCCCCCC(NCC)c1nc(C)c(C)s1. The molecule has 1 unspecified atom stereocenters. The molecule has 0 aliphatic carbocycles. The Kier molecular flexibility index (Phi) is 7.52. The van der Waals surface area contributed by atoms with Crippen LogP contribution in [-0.2, 0) is 0 Å². The molecule has 1 atom stereocenters. The van der Waals surface area contributed by atoms with Crippen molar-refractivity contribution < 1.29 is 0 Å². The van der Waals surface area contributed by atoms with E-state index in [-0.39, 0.29) is 0 Å². The highest BCUT2D eigenvalue weighted by atomic mass is 32.1. The van der Waals surface area contributed by atoms with Gasteiger partial charge in [-0.15, -0.1) is 11.3 Å². The van der Waals surface area contributed by atoms with Crippen molar-refractivity contribution in [2.24, 2.45) is 0 Å². The Morgan fingerprint density at radius 1 is 1.11 bits per heavy atom. The maximum Gasteiger partial charge on any atom is 0.110 e. The minimum absolute atomic E-state index is 0.467. The third-order valence-electron chi connectivity index (χ3n) is 3.39. The second-order valence-corrected chi connectivity index (χ2v) is 6.24. The minimum Gasteiger partial charge on any atom is -0.308 e. The third kappa shape index (κ3) is 5.07. The van der Waals surface area contributed by atoms with Crippen LogP contribution in [0.5, 0.6) is 0 Å². The van der Waals surface area contributed by atoms with E-state index < -0.39 is 0 Å². The molecular weight excluding hydrogens is 240 g/mol. The van der Waals surface area contributed by atoms with Gasteiger partial charge in [0.25, 0.3) is 0 Å². The van der Waals surface area contributed by atoms with E-state index in [0.29, 0.717) is 6.04 Å². The molecule has 104 valence electrons. The Bertz CT molecular complexity index is 314. The number of thiazole rings is 1. The molecule has 3 heteroatoms. The summed E-state index contributed by atoms with van der Waals surface area (Å²) in [4.78, 5) is 6.06. The van der Waals surface area contributed by atoms with Crippen LogP contribution in [0, 0.1) is 13.8 Å². The van der Waals surface area contributed by atoms with Crippen LogP contribution in [0.25, 0.3) is 0 Å². The molecule has 1 heterocycles. The van der Waals surface area contributed by atoms with Crippen molar-refractivity contribution in [3.8, 4) is 0 Å². The average Bonchev–Trinajstić information content (AvgIpc) is 2.68. The van der Waals surface area contributed by atoms with Gasteiger partial charge in [0, 0.05) is 4.88 Å². The number of rotatable bonds is 9. The summed E-state index contributed by atoms with van der Waals surface area (Å²) in [5, 5.41) is 4.86. The van der Waals surface area contributed by atoms with Crippen molar-refractivity contribution in [1.82, 2.24) is 10.3 Å². The molecule has 18 heavy (non-hydrogen) atoms. The summed E-state index contributed by atoms with van der Waals surface area (Å²) < 4.78 is 0. The molecule has 0 aliphatic heterocycles. The molecule has 2 nitrogen and oxygen atoms in total. The molecule has 1 aromatic heterocycles. The first kappa shape index (κ1) is 15.6. The van der Waals surface area contributed by atoms with Crippen molar-refractivity contribution >= 4 is 11.3 Å². The molecule has 1 rings (SSSR count). The van der Waals surface area contributed by atoms with Gasteiger partial charge in [0.15, 0.2) is 0 Å². The Hall–Kier alpha value is -0.410. The second-order valence-electron chi connectivity index (χ2n) is 5.01. The predicted octanol–water partition coefficient (Wildman–Crippen LogP) is 4.77. The fourth-order valence-electron chi connectivity index (χ4n) is 2.16. The highest BCUT2D eigenvalue weighted by Crippen LogP contribution is 2.26. The van der Waals surface area contributed by atoms with Gasteiger partial charge in [-0.1, -0.05) is 46.0 Å². The average molecular weight is 268 g/mol. The molecule has 0 saturated heterocycles. The van der Waals surface area contributed by atoms with E-state index in [2.05, 4.69) is 33.0 Å². The van der Waals surface area contributed by atoms with Crippen LogP contribution in [0.4, 0.5) is 0 Å². The highest BCUT2D eigenvalue weighted by Gasteiger charge is 2.15. The summed E-state index contributed by atoms with van der Waals surface area (Å²) in [7, 11) is 0. The lowest BCUT2D eigenvalue weighted by Gasteiger charge is -2.15. The summed E-state index contributed by atoms with van der Waals surface area (Å²) >= 11 is 1.86. The predicted molar refractivity (Wildman–Crippen MR) is 81.4 cm³/mol. The van der Waals surface area contributed by atoms with Crippen LogP contribution in [0.1, 0.15) is 74.0 Å². The Morgan fingerprint density at radius 3 is 2.39 bits per heavy atom. The van der Waals surface area contributed by atoms with E-state index in [1.165, 1.54) is 54.1 Å². The Morgan fingerprint density at radius 2 is 1.83 bits per heavy atom. The Balaban J connectivity index is 2.44. The number of aromatic nitrogens is 1. The molecule has 0 saturated carbocycles. The van der Waals surface area contributed by atoms with Gasteiger partial charge in [-0.2, -0.15) is 0 Å². The van der Waals surface area contributed by atoms with Crippen LogP contribution in [0.15, 0.2) is 0 Å². The molecule has 0 aromatic carbocycles. The van der Waals surface area contributed by atoms with Gasteiger partial charge >= 0.3 is 0 Å². The largest absolute Gasteiger partial charge is 0.308 e. The monoisotopic (exact) mass is 268 g/mol. The molecule has 0 spiro atoms. The smallest absolute Gasteiger partial charge is 0.110 e.